The zero-order valence-corrected chi connectivity index (χ0v) is 12.2. The first-order valence-corrected chi connectivity index (χ1v) is 7.29. The summed E-state index contributed by atoms with van der Waals surface area (Å²) in [5.41, 5.74) is 7.25. The highest BCUT2D eigenvalue weighted by Crippen LogP contribution is 2.29. The summed E-state index contributed by atoms with van der Waals surface area (Å²) in [6, 6.07) is 7.52. The van der Waals surface area contributed by atoms with Gasteiger partial charge in [-0.1, -0.05) is 23.1 Å². The highest BCUT2D eigenvalue weighted by molar-refractivity contribution is 8.01. The van der Waals surface area contributed by atoms with Crippen molar-refractivity contribution in [3.8, 4) is 0 Å². The highest BCUT2D eigenvalue weighted by Gasteiger charge is 2.21. The molecule has 0 spiro atoms. The maximum Gasteiger partial charge on any atom is 0.243 e. The van der Waals surface area contributed by atoms with Gasteiger partial charge in [0.25, 0.3) is 0 Å². The normalized spacial score (nSPS) is 11.3. The van der Waals surface area contributed by atoms with Crippen molar-refractivity contribution in [1.82, 2.24) is 10.2 Å². The van der Waals surface area contributed by atoms with E-state index in [-0.39, 0.29) is 5.91 Å². The van der Waals surface area contributed by atoms with Crippen molar-refractivity contribution in [2.75, 3.05) is 5.32 Å². The molecule has 2 aromatic rings. The second kappa shape index (κ2) is 5.68. The Bertz CT molecular complexity index is 546. The second-order valence-electron chi connectivity index (χ2n) is 4.51. The van der Waals surface area contributed by atoms with Crippen LogP contribution < -0.4 is 11.1 Å². The number of nitrogens with zero attached hydrogens (tertiary/aromatic N) is 2. The van der Waals surface area contributed by atoms with Crippen LogP contribution in [-0.4, -0.2) is 21.6 Å². The van der Waals surface area contributed by atoms with E-state index >= 15 is 0 Å². The lowest BCUT2D eigenvalue weighted by Crippen LogP contribution is -2.45. The highest BCUT2D eigenvalue weighted by atomic mass is 32.2. The Hall–Kier alpha value is -1.44. The van der Waals surface area contributed by atoms with Gasteiger partial charge in [-0.2, -0.15) is 0 Å². The van der Waals surface area contributed by atoms with E-state index < -0.39 is 5.54 Å². The van der Waals surface area contributed by atoms with Gasteiger partial charge in [0.2, 0.25) is 5.91 Å². The van der Waals surface area contributed by atoms with Crippen LogP contribution in [0.1, 0.15) is 13.8 Å². The molecule has 100 valence electrons. The molecule has 0 aliphatic heterocycles. The summed E-state index contributed by atoms with van der Waals surface area (Å²) in [6.07, 6.45) is 0. The van der Waals surface area contributed by atoms with Crippen molar-refractivity contribution in [2.24, 2.45) is 5.73 Å². The molecule has 19 heavy (non-hydrogen) atoms. The van der Waals surface area contributed by atoms with Gasteiger partial charge in [-0.3, -0.25) is 4.79 Å². The summed E-state index contributed by atoms with van der Waals surface area (Å²) in [5, 5.41) is 10.5. The molecule has 0 saturated heterocycles. The average molecular weight is 294 g/mol. The van der Waals surface area contributed by atoms with E-state index in [2.05, 4.69) is 15.5 Å². The summed E-state index contributed by atoms with van der Waals surface area (Å²) in [6.45, 7) is 3.34. The standard InChI is InChI=1S/C12H14N4OS2/c1-12(2,13)10(17)15-8-3-5-9(6-4-8)19-11-16-14-7-18-11/h3-7H,13H2,1-2H3,(H,15,17). The van der Waals surface area contributed by atoms with Crippen LogP contribution in [0, 0.1) is 0 Å². The molecule has 0 unspecified atom stereocenters. The van der Waals surface area contributed by atoms with Gasteiger partial charge in [0.15, 0.2) is 4.34 Å². The summed E-state index contributed by atoms with van der Waals surface area (Å²) in [4.78, 5) is 12.8. The average Bonchev–Trinajstić information content (AvgIpc) is 2.83. The van der Waals surface area contributed by atoms with Gasteiger partial charge in [0.1, 0.15) is 5.51 Å². The minimum atomic E-state index is -0.889. The number of rotatable bonds is 4. The van der Waals surface area contributed by atoms with Crippen LogP contribution in [0.3, 0.4) is 0 Å². The molecule has 0 fully saturated rings. The lowest BCUT2D eigenvalue weighted by Gasteiger charge is -2.17. The Labute approximate surface area is 119 Å². The fourth-order valence-electron chi connectivity index (χ4n) is 1.21. The molecule has 2 rings (SSSR count). The van der Waals surface area contributed by atoms with E-state index in [0.29, 0.717) is 0 Å². The van der Waals surface area contributed by atoms with Gasteiger partial charge >= 0.3 is 0 Å². The van der Waals surface area contributed by atoms with Crippen LogP contribution in [0.2, 0.25) is 0 Å². The Morgan fingerprint density at radius 1 is 1.37 bits per heavy atom. The second-order valence-corrected chi connectivity index (χ2v) is 6.66. The van der Waals surface area contributed by atoms with Crippen molar-refractivity contribution in [3.63, 3.8) is 0 Å². The predicted octanol–water partition coefficient (Wildman–Crippen LogP) is 2.37. The number of nitrogens with one attached hydrogen (secondary N) is 1. The molecule has 0 aliphatic carbocycles. The fraction of sp³-hybridized carbons (Fsp3) is 0.250. The molecule has 7 heteroatoms. The largest absolute Gasteiger partial charge is 0.325 e. The van der Waals surface area contributed by atoms with Gasteiger partial charge in [-0.25, -0.2) is 0 Å². The lowest BCUT2D eigenvalue weighted by atomic mass is 10.1. The minimum Gasteiger partial charge on any atom is -0.325 e. The first-order valence-electron chi connectivity index (χ1n) is 5.59. The molecule has 1 heterocycles. The number of anilines is 1. The fourth-order valence-corrected chi connectivity index (χ4v) is 2.66. The topological polar surface area (TPSA) is 80.9 Å². The molecular formula is C12H14N4OS2. The van der Waals surface area contributed by atoms with Crippen molar-refractivity contribution >= 4 is 34.7 Å². The Balaban J connectivity index is 2.01. The van der Waals surface area contributed by atoms with Crippen LogP contribution in [0.4, 0.5) is 5.69 Å². The Morgan fingerprint density at radius 2 is 2.05 bits per heavy atom. The molecule has 0 atom stereocenters. The third kappa shape index (κ3) is 4.02. The summed E-state index contributed by atoms with van der Waals surface area (Å²) < 4.78 is 0.889. The van der Waals surface area contributed by atoms with Crippen LogP contribution in [0.15, 0.2) is 39.0 Å². The van der Waals surface area contributed by atoms with Gasteiger partial charge in [-0.05, 0) is 38.1 Å². The molecule has 5 nitrogen and oxygen atoms in total. The predicted molar refractivity (Wildman–Crippen MR) is 77.4 cm³/mol. The maximum atomic E-state index is 11.7. The van der Waals surface area contributed by atoms with Crippen LogP contribution in [0.25, 0.3) is 0 Å². The molecule has 0 bridgehead atoms. The molecule has 1 aromatic carbocycles. The number of nitrogens with two attached hydrogens (primary N) is 1. The number of benzene rings is 1. The number of carbonyl (C=O) groups is 1. The monoisotopic (exact) mass is 294 g/mol. The van der Waals surface area contributed by atoms with Gasteiger partial charge in [0.05, 0.1) is 5.54 Å². The first kappa shape index (κ1) is 14.0. The molecule has 3 N–H and O–H groups in total. The van der Waals surface area contributed by atoms with E-state index in [1.165, 1.54) is 23.1 Å². The van der Waals surface area contributed by atoms with E-state index in [9.17, 15) is 4.79 Å². The molecular weight excluding hydrogens is 280 g/mol. The van der Waals surface area contributed by atoms with E-state index in [0.717, 1.165) is 14.9 Å². The quantitative estimate of drug-likeness (QED) is 0.904. The number of aromatic nitrogens is 2. The van der Waals surface area contributed by atoms with Crippen molar-refractivity contribution < 1.29 is 4.79 Å². The number of amides is 1. The van der Waals surface area contributed by atoms with E-state index in [4.69, 9.17) is 5.73 Å². The van der Waals surface area contributed by atoms with Crippen molar-refractivity contribution in [3.05, 3.63) is 29.8 Å². The summed E-state index contributed by atoms with van der Waals surface area (Å²) in [7, 11) is 0. The summed E-state index contributed by atoms with van der Waals surface area (Å²) >= 11 is 3.03. The number of hydrogen-bond acceptors (Lipinski definition) is 6. The molecule has 0 aliphatic rings. The maximum absolute atomic E-state index is 11.7. The zero-order valence-electron chi connectivity index (χ0n) is 10.6. The zero-order chi connectivity index (χ0) is 13.9. The SMILES string of the molecule is CC(C)(N)C(=O)Nc1ccc(Sc2nncs2)cc1. The van der Waals surface area contributed by atoms with Gasteiger partial charge in [0, 0.05) is 10.6 Å². The molecule has 0 radical (unpaired) electrons. The van der Waals surface area contributed by atoms with Crippen molar-refractivity contribution in [1.29, 1.82) is 0 Å². The smallest absolute Gasteiger partial charge is 0.243 e. The van der Waals surface area contributed by atoms with Crippen LogP contribution >= 0.6 is 23.1 Å². The van der Waals surface area contributed by atoms with Crippen LogP contribution in [-0.2, 0) is 4.79 Å². The van der Waals surface area contributed by atoms with Crippen LogP contribution in [0.5, 0.6) is 0 Å². The third-order valence-electron chi connectivity index (χ3n) is 2.24. The lowest BCUT2D eigenvalue weighted by molar-refractivity contribution is -0.120. The van der Waals surface area contributed by atoms with Gasteiger partial charge in [-0.15, -0.1) is 10.2 Å². The Kier molecular flexibility index (Phi) is 4.18. The first-order chi connectivity index (χ1) is 8.95. The molecule has 1 amide bonds. The Morgan fingerprint density at radius 3 is 2.58 bits per heavy atom. The van der Waals surface area contributed by atoms with E-state index in [1.54, 1.807) is 19.4 Å². The molecule has 0 saturated carbocycles. The summed E-state index contributed by atoms with van der Waals surface area (Å²) in [5.74, 6) is -0.211. The number of carbonyl (C=O) groups excluding carboxylic acids is 1. The number of hydrogen-bond donors (Lipinski definition) is 2. The third-order valence-corrected chi connectivity index (χ3v) is 4.03. The van der Waals surface area contributed by atoms with Gasteiger partial charge < -0.3 is 11.1 Å². The molecule has 1 aromatic heterocycles. The van der Waals surface area contributed by atoms with E-state index in [1.807, 2.05) is 24.3 Å². The minimum absolute atomic E-state index is 0.211. The van der Waals surface area contributed by atoms with Crippen molar-refractivity contribution in [2.45, 2.75) is 28.6 Å².